The average molecular weight is 272 g/mol. The molecule has 0 atom stereocenters. The lowest BCUT2D eigenvalue weighted by Gasteiger charge is -2.05. The quantitative estimate of drug-likeness (QED) is 0.773. The molecule has 0 N–H and O–H groups in total. The molecule has 0 aromatic heterocycles. The van der Waals surface area contributed by atoms with Gasteiger partial charge in [-0.3, -0.25) is 4.79 Å². The predicted octanol–water partition coefficient (Wildman–Crippen LogP) is 3.82. The Kier molecular flexibility index (Phi) is 4.51. The van der Waals surface area contributed by atoms with Gasteiger partial charge in [0.25, 0.3) is 0 Å². The van der Waals surface area contributed by atoms with Gasteiger partial charge < -0.3 is 4.74 Å². The molecule has 0 bridgehead atoms. The molecule has 0 aliphatic rings. The van der Waals surface area contributed by atoms with E-state index in [1.54, 1.807) is 6.07 Å². The molecule has 0 radical (unpaired) electrons. The molecule has 0 heterocycles. The van der Waals surface area contributed by atoms with Crippen LogP contribution in [0.25, 0.3) is 0 Å². The molecular weight excluding hydrogens is 255 g/mol. The van der Waals surface area contributed by atoms with Gasteiger partial charge in [-0.2, -0.15) is 0 Å². The highest BCUT2D eigenvalue weighted by Gasteiger charge is 2.10. The van der Waals surface area contributed by atoms with Crippen LogP contribution in [-0.4, -0.2) is 12.9 Å². The number of methoxy groups -OCH3 is 1. The summed E-state index contributed by atoms with van der Waals surface area (Å²) in [5.74, 6) is -0.468. The maximum absolute atomic E-state index is 13.6. The number of ether oxygens (including phenoxy) is 1. The van der Waals surface area contributed by atoms with Gasteiger partial charge in [-0.25, -0.2) is 4.39 Å². The Bertz CT molecular complexity index is 603. The van der Waals surface area contributed by atoms with Crippen molar-refractivity contribution in [1.82, 2.24) is 0 Å². The lowest BCUT2D eigenvalue weighted by Crippen LogP contribution is -2.04. The van der Waals surface area contributed by atoms with Crippen molar-refractivity contribution >= 4 is 5.78 Å². The molecule has 2 aromatic carbocycles. The van der Waals surface area contributed by atoms with Crippen LogP contribution in [0.4, 0.5) is 4.39 Å². The zero-order valence-corrected chi connectivity index (χ0v) is 11.7. The number of rotatable bonds is 5. The number of halogens is 1. The summed E-state index contributed by atoms with van der Waals surface area (Å²) in [7, 11) is 1.40. The van der Waals surface area contributed by atoms with E-state index >= 15 is 0 Å². The van der Waals surface area contributed by atoms with Crippen LogP contribution in [0.5, 0.6) is 5.75 Å². The minimum atomic E-state index is -0.514. The summed E-state index contributed by atoms with van der Waals surface area (Å²) in [4.78, 5) is 12.1. The summed E-state index contributed by atoms with van der Waals surface area (Å²) in [5, 5.41) is 0. The zero-order chi connectivity index (χ0) is 14.5. The molecule has 2 rings (SSSR count). The van der Waals surface area contributed by atoms with Crippen LogP contribution in [0.3, 0.4) is 0 Å². The van der Waals surface area contributed by atoms with Gasteiger partial charge in [-0.1, -0.05) is 31.2 Å². The fraction of sp³-hybridized carbons (Fsp3) is 0.235. The molecule has 3 heteroatoms. The van der Waals surface area contributed by atoms with Crippen molar-refractivity contribution in [2.75, 3.05) is 7.11 Å². The van der Waals surface area contributed by atoms with E-state index in [-0.39, 0.29) is 18.0 Å². The first-order valence-corrected chi connectivity index (χ1v) is 6.58. The van der Waals surface area contributed by atoms with Crippen LogP contribution in [-0.2, 0) is 12.8 Å². The summed E-state index contributed by atoms with van der Waals surface area (Å²) >= 11 is 0. The highest BCUT2D eigenvalue weighted by atomic mass is 19.1. The molecule has 0 aliphatic heterocycles. The number of aryl methyl sites for hydroxylation is 1. The predicted molar refractivity (Wildman–Crippen MR) is 76.8 cm³/mol. The van der Waals surface area contributed by atoms with Gasteiger partial charge in [0.2, 0.25) is 0 Å². The first kappa shape index (κ1) is 14.3. The van der Waals surface area contributed by atoms with E-state index < -0.39 is 5.82 Å². The van der Waals surface area contributed by atoms with Gasteiger partial charge in [-0.05, 0) is 35.7 Å². The van der Waals surface area contributed by atoms with Gasteiger partial charge in [0.1, 0.15) is 0 Å². The number of hydrogen-bond donors (Lipinski definition) is 0. The number of hydrogen-bond acceptors (Lipinski definition) is 2. The maximum atomic E-state index is 13.6. The van der Waals surface area contributed by atoms with E-state index in [1.807, 2.05) is 24.3 Å². The van der Waals surface area contributed by atoms with E-state index in [2.05, 4.69) is 6.92 Å². The largest absolute Gasteiger partial charge is 0.494 e. The third kappa shape index (κ3) is 3.23. The highest BCUT2D eigenvalue weighted by Crippen LogP contribution is 2.19. The van der Waals surface area contributed by atoms with Crippen LogP contribution >= 0.6 is 0 Å². The molecule has 2 aromatic rings. The molecule has 20 heavy (non-hydrogen) atoms. The highest BCUT2D eigenvalue weighted by molar-refractivity contribution is 5.97. The molecule has 0 amide bonds. The van der Waals surface area contributed by atoms with E-state index in [4.69, 9.17) is 4.74 Å². The second-order valence-corrected chi connectivity index (χ2v) is 4.62. The van der Waals surface area contributed by atoms with Crippen molar-refractivity contribution in [1.29, 1.82) is 0 Å². The molecule has 0 aliphatic carbocycles. The molecule has 0 unspecified atom stereocenters. The van der Waals surface area contributed by atoms with E-state index in [1.165, 1.54) is 24.8 Å². The Balaban J connectivity index is 2.12. The Morgan fingerprint density at radius 1 is 1.10 bits per heavy atom. The SMILES string of the molecule is CCc1ccc(CC(=O)c2ccc(OC)c(F)c2)cc1. The van der Waals surface area contributed by atoms with E-state index in [0.717, 1.165) is 12.0 Å². The number of benzene rings is 2. The second kappa shape index (κ2) is 6.33. The van der Waals surface area contributed by atoms with Gasteiger partial charge >= 0.3 is 0 Å². The third-order valence-electron chi connectivity index (χ3n) is 3.27. The monoisotopic (exact) mass is 272 g/mol. The number of ketones is 1. The van der Waals surface area contributed by atoms with Gasteiger partial charge in [0.15, 0.2) is 17.3 Å². The minimum absolute atomic E-state index is 0.101. The lowest BCUT2D eigenvalue weighted by molar-refractivity contribution is 0.0992. The van der Waals surface area contributed by atoms with Crippen molar-refractivity contribution in [2.24, 2.45) is 0 Å². The van der Waals surface area contributed by atoms with E-state index in [9.17, 15) is 9.18 Å². The number of Topliss-reactive ketones (excluding diaryl/α,β-unsaturated/α-hetero) is 1. The lowest BCUT2D eigenvalue weighted by atomic mass is 10.0. The summed E-state index contributed by atoms with van der Waals surface area (Å²) in [5.41, 5.74) is 2.53. The average Bonchev–Trinajstić information content (AvgIpc) is 2.48. The van der Waals surface area contributed by atoms with Gasteiger partial charge in [0.05, 0.1) is 7.11 Å². The van der Waals surface area contributed by atoms with Crippen molar-refractivity contribution in [3.05, 3.63) is 65.0 Å². The van der Waals surface area contributed by atoms with Crippen molar-refractivity contribution in [2.45, 2.75) is 19.8 Å². The summed E-state index contributed by atoms with van der Waals surface area (Å²) < 4.78 is 18.4. The maximum Gasteiger partial charge on any atom is 0.167 e. The fourth-order valence-electron chi connectivity index (χ4n) is 2.02. The smallest absolute Gasteiger partial charge is 0.167 e. The Morgan fingerprint density at radius 3 is 2.30 bits per heavy atom. The first-order valence-electron chi connectivity index (χ1n) is 6.58. The van der Waals surface area contributed by atoms with E-state index in [0.29, 0.717) is 5.56 Å². The molecule has 0 fully saturated rings. The molecule has 0 spiro atoms. The summed E-state index contributed by atoms with van der Waals surface area (Å²) in [6, 6.07) is 12.2. The minimum Gasteiger partial charge on any atom is -0.494 e. The van der Waals surface area contributed by atoms with Crippen LogP contribution < -0.4 is 4.74 Å². The van der Waals surface area contributed by atoms with Crippen molar-refractivity contribution < 1.29 is 13.9 Å². The molecular formula is C17H17FO2. The Morgan fingerprint density at radius 2 is 1.75 bits per heavy atom. The first-order chi connectivity index (χ1) is 9.63. The molecule has 0 saturated heterocycles. The second-order valence-electron chi connectivity index (χ2n) is 4.62. The number of carbonyl (C=O) groups is 1. The fourth-order valence-corrected chi connectivity index (χ4v) is 2.02. The van der Waals surface area contributed by atoms with Crippen LogP contribution in [0.15, 0.2) is 42.5 Å². The van der Waals surface area contributed by atoms with Crippen LogP contribution in [0.2, 0.25) is 0 Å². The Hall–Kier alpha value is -2.16. The van der Waals surface area contributed by atoms with Crippen molar-refractivity contribution in [3.63, 3.8) is 0 Å². The normalized spacial score (nSPS) is 10.3. The standard InChI is InChI=1S/C17H17FO2/c1-3-12-4-6-13(7-5-12)10-16(19)14-8-9-17(20-2)15(18)11-14/h4-9,11H,3,10H2,1-2H3. The van der Waals surface area contributed by atoms with Gasteiger partial charge in [-0.15, -0.1) is 0 Å². The molecule has 2 nitrogen and oxygen atoms in total. The summed E-state index contributed by atoms with van der Waals surface area (Å²) in [6.45, 7) is 2.08. The van der Waals surface area contributed by atoms with Gasteiger partial charge in [0, 0.05) is 12.0 Å². The van der Waals surface area contributed by atoms with Crippen LogP contribution in [0, 0.1) is 5.82 Å². The zero-order valence-electron chi connectivity index (χ0n) is 11.7. The molecule has 0 saturated carbocycles. The topological polar surface area (TPSA) is 26.3 Å². The molecule has 104 valence electrons. The van der Waals surface area contributed by atoms with Crippen molar-refractivity contribution in [3.8, 4) is 5.75 Å². The summed E-state index contributed by atoms with van der Waals surface area (Å²) in [6.07, 6.45) is 1.24. The van der Waals surface area contributed by atoms with Crippen LogP contribution in [0.1, 0.15) is 28.4 Å². The third-order valence-corrected chi connectivity index (χ3v) is 3.27. The Labute approximate surface area is 118 Å². The number of carbonyl (C=O) groups excluding carboxylic acids is 1.